The highest BCUT2D eigenvalue weighted by molar-refractivity contribution is 9.10. The van der Waals surface area contributed by atoms with Crippen molar-refractivity contribution in [1.29, 1.82) is 0 Å². The van der Waals surface area contributed by atoms with Crippen LogP contribution in [0.2, 0.25) is 0 Å². The van der Waals surface area contributed by atoms with Crippen LogP contribution >= 0.6 is 27.7 Å². The number of hydrogen-bond acceptors (Lipinski definition) is 4. The molecule has 0 spiro atoms. The van der Waals surface area contributed by atoms with E-state index in [9.17, 15) is 0 Å². The summed E-state index contributed by atoms with van der Waals surface area (Å²) in [5, 5.41) is 11.7. The van der Waals surface area contributed by atoms with E-state index in [-0.39, 0.29) is 0 Å². The quantitative estimate of drug-likeness (QED) is 0.776. The maximum Gasteiger partial charge on any atom is 0.0842 e. The van der Waals surface area contributed by atoms with Crippen LogP contribution in [0.1, 0.15) is 12.6 Å². The molecule has 1 unspecified atom stereocenters. The van der Waals surface area contributed by atoms with Crippen molar-refractivity contribution >= 4 is 27.7 Å². The zero-order valence-corrected chi connectivity index (χ0v) is 14.1. The van der Waals surface area contributed by atoms with Gasteiger partial charge in [-0.05, 0) is 34.6 Å². The van der Waals surface area contributed by atoms with Gasteiger partial charge in [-0.1, -0.05) is 24.3 Å². The number of thioether (sulfide) groups is 1. The van der Waals surface area contributed by atoms with E-state index in [0.29, 0.717) is 6.04 Å². The van der Waals surface area contributed by atoms with E-state index in [1.165, 1.54) is 4.90 Å². The lowest BCUT2D eigenvalue weighted by Gasteiger charge is -2.16. The van der Waals surface area contributed by atoms with Crippen LogP contribution in [0.4, 0.5) is 0 Å². The molecule has 0 aliphatic heterocycles. The monoisotopic (exact) mass is 354 g/mol. The molecule has 4 nitrogen and oxygen atoms in total. The fourth-order valence-corrected chi connectivity index (χ4v) is 3.60. The largest absolute Gasteiger partial charge is 0.313 e. The lowest BCUT2D eigenvalue weighted by molar-refractivity contribution is 0.566. The number of hydrogen-bond donors (Lipinski definition) is 1. The van der Waals surface area contributed by atoms with Crippen molar-refractivity contribution in [3.05, 3.63) is 40.6 Å². The molecule has 108 valence electrons. The van der Waals surface area contributed by atoms with Crippen LogP contribution in [0.15, 0.2) is 39.8 Å². The third-order valence-corrected chi connectivity index (χ3v) is 5.07. The van der Waals surface area contributed by atoms with E-state index in [2.05, 4.69) is 56.7 Å². The molecule has 1 heterocycles. The first-order chi connectivity index (χ1) is 9.69. The standard InChI is InChI=1S/C14H19BrN4S/c1-3-16-12(8-11-9-19(2)18-17-11)10-20-14-7-5-4-6-13(14)15/h4-7,9,12,16H,3,8,10H2,1-2H3. The second kappa shape index (κ2) is 7.81. The van der Waals surface area contributed by atoms with Crippen molar-refractivity contribution in [3.63, 3.8) is 0 Å². The molecule has 0 amide bonds. The van der Waals surface area contributed by atoms with Crippen molar-refractivity contribution in [3.8, 4) is 0 Å². The molecule has 2 aromatic rings. The maximum atomic E-state index is 4.16. The Labute approximate surface area is 132 Å². The van der Waals surface area contributed by atoms with Gasteiger partial charge in [0.1, 0.15) is 0 Å². The van der Waals surface area contributed by atoms with E-state index < -0.39 is 0 Å². The SMILES string of the molecule is CCNC(CSc1ccccc1Br)Cc1cn(C)nn1. The number of halogens is 1. The van der Waals surface area contributed by atoms with Gasteiger partial charge in [0.2, 0.25) is 0 Å². The molecule has 0 saturated heterocycles. The average Bonchev–Trinajstić information content (AvgIpc) is 2.83. The third kappa shape index (κ3) is 4.61. The summed E-state index contributed by atoms with van der Waals surface area (Å²) in [6, 6.07) is 8.72. The highest BCUT2D eigenvalue weighted by atomic mass is 79.9. The summed E-state index contributed by atoms with van der Waals surface area (Å²) in [5.41, 5.74) is 1.03. The number of benzene rings is 1. The molecule has 0 radical (unpaired) electrons. The molecule has 0 aliphatic rings. The molecule has 20 heavy (non-hydrogen) atoms. The van der Waals surface area contributed by atoms with Gasteiger partial charge >= 0.3 is 0 Å². The minimum absolute atomic E-state index is 0.397. The summed E-state index contributed by atoms with van der Waals surface area (Å²) in [5.74, 6) is 1.01. The molecule has 1 aromatic heterocycles. The third-order valence-electron chi connectivity index (χ3n) is 2.88. The number of aromatic nitrogens is 3. The minimum Gasteiger partial charge on any atom is -0.313 e. The van der Waals surface area contributed by atoms with Gasteiger partial charge in [-0.2, -0.15) is 0 Å². The second-order valence-electron chi connectivity index (χ2n) is 4.58. The second-order valence-corrected chi connectivity index (χ2v) is 6.50. The summed E-state index contributed by atoms with van der Waals surface area (Å²) in [6.07, 6.45) is 2.88. The average molecular weight is 355 g/mol. The smallest absolute Gasteiger partial charge is 0.0842 e. The first-order valence-corrected chi connectivity index (χ1v) is 8.42. The van der Waals surface area contributed by atoms with Gasteiger partial charge in [0.05, 0.1) is 5.69 Å². The van der Waals surface area contributed by atoms with Crippen LogP contribution < -0.4 is 5.32 Å². The van der Waals surface area contributed by atoms with Crippen LogP contribution in [0, 0.1) is 0 Å². The zero-order valence-electron chi connectivity index (χ0n) is 11.7. The van der Waals surface area contributed by atoms with Crippen LogP contribution in [0.5, 0.6) is 0 Å². The lowest BCUT2D eigenvalue weighted by Crippen LogP contribution is -2.33. The summed E-state index contributed by atoms with van der Waals surface area (Å²) >= 11 is 5.45. The van der Waals surface area contributed by atoms with Crippen molar-refractivity contribution < 1.29 is 0 Å². The lowest BCUT2D eigenvalue weighted by atomic mass is 10.2. The predicted molar refractivity (Wildman–Crippen MR) is 87.0 cm³/mol. The molecule has 0 aliphatic carbocycles. The van der Waals surface area contributed by atoms with Crippen LogP contribution in [-0.4, -0.2) is 33.3 Å². The minimum atomic E-state index is 0.397. The molecular formula is C14H19BrN4S. The Morgan fingerprint density at radius 2 is 2.20 bits per heavy atom. The van der Waals surface area contributed by atoms with Crippen LogP contribution in [-0.2, 0) is 13.5 Å². The molecule has 1 N–H and O–H groups in total. The molecule has 2 rings (SSSR count). The van der Waals surface area contributed by atoms with Crippen molar-refractivity contribution in [2.24, 2.45) is 7.05 Å². The van der Waals surface area contributed by atoms with Gasteiger partial charge in [-0.15, -0.1) is 16.9 Å². The van der Waals surface area contributed by atoms with Gasteiger partial charge in [0.25, 0.3) is 0 Å². The Hall–Kier alpha value is -0.850. The molecule has 1 atom stereocenters. The van der Waals surface area contributed by atoms with Crippen LogP contribution in [0.3, 0.4) is 0 Å². The fraction of sp³-hybridized carbons (Fsp3) is 0.429. The molecule has 0 saturated carbocycles. The van der Waals surface area contributed by atoms with E-state index in [4.69, 9.17) is 0 Å². The molecule has 6 heteroatoms. The first kappa shape index (κ1) is 15.5. The Morgan fingerprint density at radius 3 is 2.85 bits per heavy atom. The fourth-order valence-electron chi connectivity index (χ4n) is 1.97. The first-order valence-electron chi connectivity index (χ1n) is 6.65. The van der Waals surface area contributed by atoms with E-state index in [0.717, 1.165) is 28.9 Å². The normalized spacial score (nSPS) is 12.6. The number of nitrogens with one attached hydrogen (secondary N) is 1. The molecular weight excluding hydrogens is 336 g/mol. The van der Waals surface area contributed by atoms with Crippen molar-refractivity contribution in [2.45, 2.75) is 24.3 Å². The van der Waals surface area contributed by atoms with E-state index >= 15 is 0 Å². The van der Waals surface area contributed by atoms with E-state index in [1.54, 1.807) is 4.68 Å². The number of rotatable bonds is 7. The predicted octanol–water partition coefficient (Wildman–Crippen LogP) is 2.89. The summed E-state index contributed by atoms with van der Waals surface area (Å²) < 4.78 is 2.90. The Kier molecular flexibility index (Phi) is 6.06. The number of aryl methyl sites for hydroxylation is 1. The Morgan fingerprint density at radius 1 is 1.40 bits per heavy atom. The molecule has 1 aromatic carbocycles. The number of nitrogens with zero attached hydrogens (tertiary/aromatic N) is 3. The Bertz CT molecular complexity index is 543. The summed E-state index contributed by atoms with van der Waals surface area (Å²) in [6.45, 7) is 3.09. The maximum absolute atomic E-state index is 4.16. The summed E-state index contributed by atoms with van der Waals surface area (Å²) in [4.78, 5) is 1.27. The van der Waals surface area contributed by atoms with Crippen molar-refractivity contribution in [2.75, 3.05) is 12.3 Å². The van der Waals surface area contributed by atoms with Crippen molar-refractivity contribution in [1.82, 2.24) is 20.3 Å². The van der Waals surface area contributed by atoms with Gasteiger partial charge in [-0.3, -0.25) is 4.68 Å². The van der Waals surface area contributed by atoms with Gasteiger partial charge in [-0.25, -0.2) is 0 Å². The van der Waals surface area contributed by atoms with Crippen LogP contribution in [0.25, 0.3) is 0 Å². The zero-order chi connectivity index (χ0) is 14.4. The molecule has 0 fully saturated rings. The van der Waals surface area contributed by atoms with Gasteiger partial charge < -0.3 is 5.32 Å². The van der Waals surface area contributed by atoms with Gasteiger partial charge in [0.15, 0.2) is 0 Å². The topological polar surface area (TPSA) is 42.7 Å². The highest BCUT2D eigenvalue weighted by Crippen LogP contribution is 2.27. The Balaban J connectivity index is 1.94. The van der Waals surface area contributed by atoms with Gasteiger partial charge in [0, 0.05) is 40.8 Å². The molecule has 0 bridgehead atoms. The van der Waals surface area contributed by atoms with E-state index in [1.807, 2.05) is 31.1 Å². The highest BCUT2D eigenvalue weighted by Gasteiger charge is 2.12. The summed E-state index contributed by atoms with van der Waals surface area (Å²) in [7, 11) is 1.90. The number of likely N-dealkylation sites (N-methyl/N-ethyl adjacent to an activating group) is 1.